The van der Waals surface area contributed by atoms with Crippen molar-refractivity contribution in [2.45, 2.75) is 30.4 Å². The fourth-order valence-electron chi connectivity index (χ4n) is 2.19. The third-order valence-corrected chi connectivity index (χ3v) is 5.19. The maximum Gasteiger partial charge on any atom is 0.246 e. The van der Waals surface area contributed by atoms with E-state index < -0.39 is 10.0 Å². The molecule has 0 spiro atoms. The first-order chi connectivity index (χ1) is 9.07. The van der Waals surface area contributed by atoms with Crippen molar-refractivity contribution in [3.63, 3.8) is 0 Å². The summed E-state index contributed by atoms with van der Waals surface area (Å²) < 4.78 is 33.1. The molecule has 2 N–H and O–H groups in total. The summed E-state index contributed by atoms with van der Waals surface area (Å²) in [6.07, 6.45) is 4.53. The van der Waals surface area contributed by atoms with Gasteiger partial charge in [-0.1, -0.05) is 0 Å². The molecule has 2 rings (SSSR count). The SMILES string of the molecule is COC1CCN(S(=O)(=O)c2cnn(CCN)c2)CC1. The van der Waals surface area contributed by atoms with Gasteiger partial charge in [-0.2, -0.15) is 9.40 Å². The van der Waals surface area contributed by atoms with Gasteiger partial charge >= 0.3 is 0 Å². The smallest absolute Gasteiger partial charge is 0.246 e. The molecule has 0 bridgehead atoms. The first kappa shape index (κ1) is 14.4. The fraction of sp³-hybridized carbons (Fsp3) is 0.727. The zero-order valence-electron chi connectivity index (χ0n) is 11.0. The van der Waals surface area contributed by atoms with Gasteiger partial charge in [0.2, 0.25) is 10.0 Å². The number of ether oxygens (including phenoxy) is 1. The van der Waals surface area contributed by atoms with Crippen LogP contribution in [0.3, 0.4) is 0 Å². The minimum absolute atomic E-state index is 0.159. The van der Waals surface area contributed by atoms with Crippen molar-refractivity contribution >= 4 is 10.0 Å². The van der Waals surface area contributed by atoms with Crippen molar-refractivity contribution in [1.29, 1.82) is 0 Å². The zero-order chi connectivity index (χ0) is 13.9. The number of nitrogens with two attached hydrogens (primary N) is 1. The molecule has 1 aromatic rings. The first-order valence-corrected chi connectivity index (χ1v) is 7.77. The van der Waals surface area contributed by atoms with Gasteiger partial charge in [0, 0.05) is 32.9 Å². The number of rotatable bonds is 5. The normalized spacial score (nSPS) is 18.8. The quantitative estimate of drug-likeness (QED) is 0.799. The lowest BCUT2D eigenvalue weighted by Gasteiger charge is -2.29. The van der Waals surface area contributed by atoms with Gasteiger partial charge in [-0.05, 0) is 12.8 Å². The summed E-state index contributed by atoms with van der Waals surface area (Å²) in [5.41, 5.74) is 5.42. The number of aromatic nitrogens is 2. The van der Waals surface area contributed by atoms with E-state index in [4.69, 9.17) is 10.5 Å². The van der Waals surface area contributed by atoms with E-state index in [1.807, 2.05) is 0 Å². The van der Waals surface area contributed by atoms with Gasteiger partial charge in [-0.25, -0.2) is 8.42 Å². The van der Waals surface area contributed by atoms with Gasteiger partial charge in [0.15, 0.2) is 0 Å². The second kappa shape index (κ2) is 6.00. The topological polar surface area (TPSA) is 90.5 Å². The van der Waals surface area contributed by atoms with E-state index >= 15 is 0 Å². The molecule has 1 fully saturated rings. The Morgan fingerprint density at radius 1 is 1.47 bits per heavy atom. The van der Waals surface area contributed by atoms with Crippen molar-refractivity contribution in [2.24, 2.45) is 5.73 Å². The summed E-state index contributed by atoms with van der Waals surface area (Å²) in [5.74, 6) is 0. The maximum atomic E-state index is 12.4. The van der Waals surface area contributed by atoms with E-state index in [0.29, 0.717) is 26.2 Å². The van der Waals surface area contributed by atoms with Crippen LogP contribution < -0.4 is 5.73 Å². The maximum absolute atomic E-state index is 12.4. The number of methoxy groups -OCH3 is 1. The monoisotopic (exact) mass is 288 g/mol. The molecule has 0 amide bonds. The minimum Gasteiger partial charge on any atom is -0.381 e. The molecule has 1 saturated heterocycles. The molecule has 108 valence electrons. The highest BCUT2D eigenvalue weighted by Gasteiger charge is 2.30. The average Bonchev–Trinajstić information content (AvgIpc) is 2.89. The molecule has 0 saturated carbocycles. The summed E-state index contributed by atoms with van der Waals surface area (Å²) >= 11 is 0. The fourth-order valence-corrected chi connectivity index (χ4v) is 3.61. The lowest BCUT2D eigenvalue weighted by molar-refractivity contribution is 0.0604. The highest BCUT2D eigenvalue weighted by atomic mass is 32.2. The summed E-state index contributed by atoms with van der Waals surface area (Å²) in [5, 5.41) is 4.00. The Balaban J connectivity index is 2.09. The lowest BCUT2D eigenvalue weighted by atomic mass is 10.1. The van der Waals surface area contributed by atoms with E-state index in [0.717, 1.165) is 12.8 Å². The number of piperidine rings is 1. The molecule has 1 aliphatic rings. The number of hydrogen-bond acceptors (Lipinski definition) is 5. The van der Waals surface area contributed by atoms with E-state index in [1.54, 1.807) is 11.8 Å². The molecule has 0 radical (unpaired) electrons. The van der Waals surface area contributed by atoms with Crippen molar-refractivity contribution in [1.82, 2.24) is 14.1 Å². The van der Waals surface area contributed by atoms with Gasteiger partial charge in [0.05, 0.1) is 18.8 Å². The largest absolute Gasteiger partial charge is 0.381 e. The van der Waals surface area contributed by atoms with Crippen molar-refractivity contribution in [3.8, 4) is 0 Å². The molecular weight excluding hydrogens is 268 g/mol. The standard InChI is InChI=1S/C11H20N4O3S/c1-18-10-2-5-15(6-3-10)19(16,17)11-8-13-14(9-11)7-4-12/h8-10H,2-7,12H2,1H3. The van der Waals surface area contributed by atoms with Crippen LogP contribution in [-0.4, -0.2) is 55.4 Å². The summed E-state index contributed by atoms with van der Waals surface area (Å²) in [6, 6.07) is 0. The van der Waals surface area contributed by atoms with E-state index in [9.17, 15) is 8.42 Å². The molecule has 19 heavy (non-hydrogen) atoms. The Morgan fingerprint density at radius 2 is 2.16 bits per heavy atom. The van der Waals surface area contributed by atoms with Gasteiger partial charge in [-0.15, -0.1) is 0 Å². The summed E-state index contributed by atoms with van der Waals surface area (Å²) in [6.45, 7) is 1.92. The molecule has 0 atom stereocenters. The van der Waals surface area contributed by atoms with Crippen LogP contribution in [0.2, 0.25) is 0 Å². The van der Waals surface area contributed by atoms with Crippen LogP contribution in [0.1, 0.15) is 12.8 Å². The van der Waals surface area contributed by atoms with E-state index in [-0.39, 0.29) is 11.0 Å². The second-order valence-electron chi connectivity index (χ2n) is 4.57. The van der Waals surface area contributed by atoms with Gasteiger partial charge in [0.1, 0.15) is 4.90 Å². The Labute approximate surface area is 113 Å². The van der Waals surface area contributed by atoms with Gasteiger partial charge in [0.25, 0.3) is 0 Å². The predicted molar refractivity (Wildman–Crippen MR) is 70.1 cm³/mol. The number of sulfonamides is 1. The number of nitrogens with zero attached hydrogens (tertiary/aromatic N) is 3. The van der Waals surface area contributed by atoms with Crippen LogP contribution in [-0.2, 0) is 21.3 Å². The summed E-state index contributed by atoms with van der Waals surface area (Å²) in [4.78, 5) is 0.233. The van der Waals surface area contributed by atoms with Gasteiger partial charge in [-0.3, -0.25) is 4.68 Å². The molecule has 1 aromatic heterocycles. The Bertz CT molecular complexity index is 506. The minimum atomic E-state index is -3.44. The average molecular weight is 288 g/mol. The second-order valence-corrected chi connectivity index (χ2v) is 6.50. The molecule has 0 unspecified atom stereocenters. The van der Waals surface area contributed by atoms with Gasteiger partial charge < -0.3 is 10.5 Å². The molecule has 0 aromatic carbocycles. The van der Waals surface area contributed by atoms with E-state index in [2.05, 4.69) is 5.10 Å². The molecule has 2 heterocycles. The van der Waals surface area contributed by atoms with Crippen molar-refractivity contribution < 1.29 is 13.2 Å². The molecule has 8 heteroatoms. The molecule has 7 nitrogen and oxygen atoms in total. The van der Waals surface area contributed by atoms with Crippen LogP contribution in [0.15, 0.2) is 17.3 Å². The zero-order valence-corrected chi connectivity index (χ0v) is 11.8. The van der Waals surface area contributed by atoms with Crippen LogP contribution in [0.5, 0.6) is 0 Å². The Kier molecular flexibility index (Phi) is 4.56. The summed E-state index contributed by atoms with van der Waals surface area (Å²) in [7, 11) is -1.78. The highest BCUT2D eigenvalue weighted by molar-refractivity contribution is 7.89. The van der Waals surface area contributed by atoms with Crippen molar-refractivity contribution in [2.75, 3.05) is 26.7 Å². The molecule has 0 aliphatic carbocycles. The Hall–Kier alpha value is -0.960. The van der Waals surface area contributed by atoms with Crippen LogP contribution in [0.25, 0.3) is 0 Å². The Morgan fingerprint density at radius 3 is 2.74 bits per heavy atom. The third-order valence-electron chi connectivity index (χ3n) is 3.34. The van der Waals surface area contributed by atoms with E-state index in [1.165, 1.54) is 16.7 Å². The third kappa shape index (κ3) is 3.14. The molecule has 1 aliphatic heterocycles. The highest BCUT2D eigenvalue weighted by Crippen LogP contribution is 2.21. The van der Waals surface area contributed by atoms with Crippen LogP contribution in [0, 0.1) is 0 Å². The van der Waals surface area contributed by atoms with Crippen LogP contribution >= 0.6 is 0 Å². The molecular formula is C11H20N4O3S. The number of hydrogen-bond donors (Lipinski definition) is 1. The predicted octanol–water partition coefficient (Wildman–Crippen LogP) is -0.359. The lowest BCUT2D eigenvalue weighted by Crippen LogP contribution is -2.40. The van der Waals surface area contributed by atoms with Crippen molar-refractivity contribution in [3.05, 3.63) is 12.4 Å². The first-order valence-electron chi connectivity index (χ1n) is 6.33. The van der Waals surface area contributed by atoms with Crippen LogP contribution in [0.4, 0.5) is 0 Å².